The molecule has 15 heteroatoms. The number of aliphatic imine (C=N–C) groups is 1. The first-order valence-corrected chi connectivity index (χ1v) is 12.7. The van der Waals surface area contributed by atoms with Crippen LogP contribution in [-0.4, -0.2) is 76.5 Å². The highest BCUT2D eigenvalue weighted by Gasteiger charge is 2.31. The van der Waals surface area contributed by atoms with Crippen LogP contribution in [0.4, 0.5) is 0 Å². The number of carbonyl (C=O) groups is 5. The summed E-state index contributed by atoms with van der Waals surface area (Å²) >= 11 is 0. The zero-order valence-corrected chi connectivity index (χ0v) is 22.6. The van der Waals surface area contributed by atoms with Crippen LogP contribution in [-0.2, 0) is 30.4 Å². The third kappa shape index (κ3) is 12.4. The number of benzene rings is 1. The molecule has 4 amide bonds. The summed E-state index contributed by atoms with van der Waals surface area (Å²) in [6, 6.07) is 1.13. The number of hydrogen-bond donors (Lipinski definition) is 9. The summed E-state index contributed by atoms with van der Waals surface area (Å²) in [5.41, 5.74) is 22.1. The van der Waals surface area contributed by atoms with Crippen LogP contribution in [0.3, 0.4) is 0 Å². The van der Waals surface area contributed by atoms with Crippen molar-refractivity contribution in [3.8, 4) is 5.75 Å². The predicted octanol–water partition coefficient (Wildman–Crippen LogP) is -2.22. The zero-order valence-electron chi connectivity index (χ0n) is 22.6. The van der Waals surface area contributed by atoms with Gasteiger partial charge in [0.05, 0.1) is 6.04 Å². The van der Waals surface area contributed by atoms with Gasteiger partial charge in [0.1, 0.15) is 23.9 Å². The summed E-state index contributed by atoms with van der Waals surface area (Å²) in [7, 11) is 0. The number of amides is 4. The third-order valence-electron chi connectivity index (χ3n) is 5.85. The van der Waals surface area contributed by atoms with Crippen LogP contribution >= 0.6 is 0 Å². The Kier molecular flexibility index (Phi) is 13.9. The third-order valence-corrected chi connectivity index (χ3v) is 5.85. The first-order chi connectivity index (χ1) is 18.7. The number of nitrogens with two attached hydrogens (primary N) is 4. The Balaban J connectivity index is 3.04. The van der Waals surface area contributed by atoms with Crippen molar-refractivity contribution < 1.29 is 34.2 Å². The van der Waals surface area contributed by atoms with Crippen LogP contribution in [0.5, 0.6) is 5.75 Å². The Labute approximate surface area is 232 Å². The predicted molar refractivity (Wildman–Crippen MR) is 146 cm³/mol. The molecule has 13 N–H and O–H groups in total. The molecule has 15 nitrogen and oxygen atoms in total. The molecule has 0 saturated heterocycles. The molecule has 0 heterocycles. The van der Waals surface area contributed by atoms with Gasteiger partial charge in [-0.2, -0.15) is 0 Å². The molecule has 0 bridgehead atoms. The second kappa shape index (κ2) is 16.5. The number of rotatable bonds is 17. The smallest absolute Gasteiger partial charge is 0.326 e. The van der Waals surface area contributed by atoms with Crippen LogP contribution in [0.25, 0.3) is 0 Å². The summed E-state index contributed by atoms with van der Waals surface area (Å²) in [6.45, 7) is 3.49. The molecule has 222 valence electrons. The number of nitrogens with one attached hydrogen (secondary N) is 3. The van der Waals surface area contributed by atoms with Gasteiger partial charge in [0.25, 0.3) is 0 Å². The van der Waals surface area contributed by atoms with Crippen molar-refractivity contribution in [2.45, 2.75) is 70.1 Å². The average molecular weight is 565 g/mol. The van der Waals surface area contributed by atoms with Gasteiger partial charge in [0.2, 0.25) is 23.6 Å². The molecule has 1 aromatic carbocycles. The van der Waals surface area contributed by atoms with Gasteiger partial charge in [-0.1, -0.05) is 26.0 Å². The minimum Gasteiger partial charge on any atom is -0.508 e. The highest BCUT2D eigenvalue weighted by Crippen LogP contribution is 2.12. The van der Waals surface area contributed by atoms with Crippen LogP contribution in [0.15, 0.2) is 29.3 Å². The monoisotopic (exact) mass is 564 g/mol. The standard InChI is InChI=1S/C25H40N8O7/c1-13(2)20(33-21(36)16(26)9-10-19(27)35)23(38)31-17(4-3-11-30-25(28)29)22(37)32-18(24(39)40)12-14-5-7-15(34)8-6-14/h5-8,13,16-18,20,34H,3-4,9-12,26H2,1-2H3,(H2,27,35)(H,31,38)(H,32,37)(H,33,36)(H,39,40)(H4,28,29,30). The van der Waals surface area contributed by atoms with E-state index in [1.165, 1.54) is 24.3 Å². The molecule has 0 aromatic heterocycles. The van der Waals surface area contributed by atoms with Crippen molar-refractivity contribution in [1.29, 1.82) is 0 Å². The molecule has 0 aliphatic carbocycles. The van der Waals surface area contributed by atoms with Crippen molar-refractivity contribution in [1.82, 2.24) is 16.0 Å². The van der Waals surface area contributed by atoms with E-state index in [1.807, 2.05) is 0 Å². The van der Waals surface area contributed by atoms with Gasteiger partial charge < -0.3 is 49.1 Å². The molecule has 0 radical (unpaired) electrons. The fourth-order valence-corrected chi connectivity index (χ4v) is 3.60. The first kappa shape index (κ1) is 33.6. The van der Waals surface area contributed by atoms with Crippen LogP contribution in [0, 0.1) is 5.92 Å². The highest BCUT2D eigenvalue weighted by atomic mass is 16.4. The minimum atomic E-state index is -1.34. The van der Waals surface area contributed by atoms with E-state index in [-0.39, 0.29) is 50.4 Å². The lowest BCUT2D eigenvalue weighted by molar-refractivity contribution is -0.142. The highest BCUT2D eigenvalue weighted by molar-refractivity contribution is 5.94. The van der Waals surface area contributed by atoms with Gasteiger partial charge in [0.15, 0.2) is 5.96 Å². The number of carboxylic acid groups (broad SMARTS) is 1. The molecular formula is C25H40N8O7. The van der Waals surface area contributed by atoms with Gasteiger partial charge >= 0.3 is 5.97 Å². The lowest BCUT2D eigenvalue weighted by Gasteiger charge is -2.27. The summed E-state index contributed by atoms with van der Waals surface area (Å²) < 4.78 is 0. The number of carboxylic acids is 1. The number of phenolic OH excluding ortho intramolecular Hbond substituents is 1. The summed E-state index contributed by atoms with van der Waals surface area (Å²) in [4.78, 5) is 65.6. The summed E-state index contributed by atoms with van der Waals surface area (Å²) in [5, 5.41) is 26.7. The average Bonchev–Trinajstić information content (AvgIpc) is 2.87. The van der Waals surface area contributed by atoms with Crippen molar-refractivity contribution in [2.24, 2.45) is 33.8 Å². The van der Waals surface area contributed by atoms with Gasteiger partial charge in [-0.05, 0) is 42.9 Å². The summed E-state index contributed by atoms with van der Waals surface area (Å²) in [6.07, 6.45) is 0.116. The van der Waals surface area contributed by atoms with E-state index >= 15 is 0 Å². The second-order valence-corrected chi connectivity index (χ2v) is 9.62. The molecule has 0 aliphatic heterocycles. The molecule has 0 fully saturated rings. The second-order valence-electron chi connectivity index (χ2n) is 9.62. The Bertz CT molecular complexity index is 1060. The summed E-state index contributed by atoms with van der Waals surface area (Å²) in [5.74, 6) is -4.63. The van der Waals surface area contributed by atoms with Crippen molar-refractivity contribution >= 4 is 35.6 Å². The van der Waals surface area contributed by atoms with E-state index in [0.29, 0.717) is 5.56 Å². The number of carbonyl (C=O) groups excluding carboxylic acids is 4. The quantitative estimate of drug-likeness (QED) is 0.0558. The number of hydrogen-bond acceptors (Lipinski definition) is 8. The van der Waals surface area contributed by atoms with Crippen molar-refractivity contribution in [2.75, 3.05) is 6.54 Å². The Morgan fingerprint density at radius 2 is 1.48 bits per heavy atom. The van der Waals surface area contributed by atoms with Gasteiger partial charge in [-0.15, -0.1) is 0 Å². The number of guanidine groups is 1. The van der Waals surface area contributed by atoms with Crippen molar-refractivity contribution in [3.05, 3.63) is 29.8 Å². The molecule has 0 spiro atoms. The fraction of sp³-hybridized carbons (Fsp3) is 0.520. The number of nitrogens with zero attached hydrogens (tertiary/aromatic N) is 1. The Hall–Kier alpha value is -4.40. The normalized spacial score (nSPS) is 13.8. The van der Waals surface area contributed by atoms with Crippen LogP contribution < -0.4 is 38.9 Å². The zero-order chi connectivity index (χ0) is 30.4. The number of aliphatic carboxylic acids is 1. The van der Waals surface area contributed by atoms with Crippen LogP contribution in [0.1, 0.15) is 45.1 Å². The molecule has 1 aromatic rings. The number of aromatic hydroxyl groups is 1. The maximum Gasteiger partial charge on any atom is 0.326 e. The van der Waals surface area contributed by atoms with E-state index in [4.69, 9.17) is 22.9 Å². The molecular weight excluding hydrogens is 524 g/mol. The van der Waals surface area contributed by atoms with E-state index in [0.717, 1.165) is 0 Å². The number of phenols is 1. The maximum atomic E-state index is 13.2. The molecule has 4 unspecified atom stereocenters. The Morgan fingerprint density at radius 3 is 2.00 bits per heavy atom. The molecule has 4 atom stereocenters. The van der Waals surface area contributed by atoms with Gasteiger partial charge in [-0.25, -0.2) is 4.79 Å². The first-order valence-electron chi connectivity index (χ1n) is 12.7. The molecule has 0 saturated carbocycles. The van der Waals surface area contributed by atoms with Crippen LogP contribution in [0.2, 0.25) is 0 Å². The molecule has 40 heavy (non-hydrogen) atoms. The lowest BCUT2D eigenvalue weighted by atomic mass is 10.0. The number of primary amides is 1. The topological polar surface area (TPSA) is 278 Å². The van der Waals surface area contributed by atoms with Gasteiger partial charge in [0, 0.05) is 19.4 Å². The maximum absolute atomic E-state index is 13.2. The SMILES string of the molecule is CC(C)C(NC(=O)C(N)CCC(N)=O)C(=O)NC(CCCN=C(N)N)C(=O)NC(Cc1ccc(O)cc1)C(=O)O. The fourth-order valence-electron chi connectivity index (χ4n) is 3.60. The minimum absolute atomic E-state index is 0.00355. The Morgan fingerprint density at radius 1 is 0.875 bits per heavy atom. The van der Waals surface area contributed by atoms with E-state index < -0.39 is 59.7 Å². The van der Waals surface area contributed by atoms with E-state index in [9.17, 15) is 34.2 Å². The lowest BCUT2D eigenvalue weighted by Crippen LogP contribution is -2.58. The van der Waals surface area contributed by atoms with Crippen molar-refractivity contribution in [3.63, 3.8) is 0 Å². The molecule has 1 rings (SSSR count). The van der Waals surface area contributed by atoms with Gasteiger partial charge in [-0.3, -0.25) is 24.2 Å². The molecule has 0 aliphatic rings. The largest absolute Gasteiger partial charge is 0.508 e. The van der Waals surface area contributed by atoms with E-state index in [2.05, 4.69) is 20.9 Å². The van der Waals surface area contributed by atoms with E-state index in [1.54, 1.807) is 13.8 Å².